The number of carboxylic acids is 1. The van der Waals surface area contributed by atoms with E-state index in [0.29, 0.717) is 22.2 Å². The Hall–Kier alpha value is -4.76. The fourth-order valence-corrected chi connectivity index (χ4v) is 5.29. The Balaban J connectivity index is 1.51. The first kappa shape index (κ1) is 25.5. The highest BCUT2D eigenvalue weighted by molar-refractivity contribution is 9.10. The van der Waals surface area contributed by atoms with Crippen LogP contribution in [0.3, 0.4) is 0 Å². The Labute approximate surface area is 237 Å². The standard InChI is InChI=1S/C31H23BrN4O4/c1-17-8-9-20(31(38)39)14-26(17)35-18(2)12-22(19(35)3)16-33-36-29(34-25-7-5-4-6-24(25)30(36)37)28-15-21-13-23(32)10-11-27(21)40-28/h4-16H,1-3H3,(H,38,39). The minimum atomic E-state index is -0.987. The predicted octanol–water partition coefficient (Wildman–Crippen LogP) is 6.87. The van der Waals surface area contributed by atoms with Crippen LogP contribution in [0.1, 0.15) is 32.9 Å². The third-order valence-corrected chi connectivity index (χ3v) is 7.43. The maximum absolute atomic E-state index is 13.6. The van der Waals surface area contributed by atoms with Crippen molar-refractivity contribution < 1.29 is 14.3 Å². The van der Waals surface area contributed by atoms with Gasteiger partial charge in [0.1, 0.15) is 5.58 Å². The third kappa shape index (κ3) is 4.34. The third-order valence-electron chi connectivity index (χ3n) is 6.93. The average Bonchev–Trinajstić information content (AvgIpc) is 3.47. The number of fused-ring (bicyclic) bond motifs is 2. The second-order valence-electron chi connectivity index (χ2n) is 9.58. The largest absolute Gasteiger partial charge is 0.478 e. The molecule has 0 saturated heterocycles. The van der Waals surface area contributed by atoms with Crippen molar-refractivity contribution in [1.82, 2.24) is 14.2 Å². The number of benzene rings is 3. The number of aromatic nitrogens is 3. The molecule has 0 fully saturated rings. The Morgan fingerprint density at radius 3 is 2.62 bits per heavy atom. The molecule has 8 nitrogen and oxygen atoms in total. The molecule has 9 heteroatoms. The van der Waals surface area contributed by atoms with E-state index in [1.165, 1.54) is 4.68 Å². The molecule has 0 aliphatic rings. The van der Waals surface area contributed by atoms with Gasteiger partial charge in [0.25, 0.3) is 5.56 Å². The molecule has 0 saturated carbocycles. The summed E-state index contributed by atoms with van der Waals surface area (Å²) in [6.07, 6.45) is 1.62. The SMILES string of the molecule is Cc1ccc(C(=O)O)cc1-n1c(C)cc(C=Nn2c(-c3cc4cc(Br)ccc4o3)nc3ccccc3c2=O)c1C. The van der Waals surface area contributed by atoms with Crippen LogP contribution in [-0.2, 0) is 0 Å². The topological polar surface area (TPSA) is 103 Å². The quantitative estimate of drug-likeness (QED) is 0.219. The van der Waals surface area contributed by atoms with Crippen molar-refractivity contribution in [3.63, 3.8) is 0 Å². The number of para-hydroxylation sites is 1. The van der Waals surface area contributed by atoms with E-state index in [2.05, 4.69) is 21.0 Å². The van der Waals surface area contributed by atoms with E-state index in [9.17, 15) is 14.7 Å². The van der Waals surface area contributed by atoms with Crippen LogP contribution < -0.4 is 5.56 Å². The number of carbonyl (C=O) groups is 1. The smallest absolute Gasteiger partial charge is 0.335 e. The van der Waals surface area contributed by atoms with Crippen LogP contribution in [0.4, 0.5) is 0 Å². The van der Waals surface area contributed by atoms with Gasteiger partial charge in [-0.25, -0.2) is 9.78 Å². The Kier molecular flexibility index (Phi) is 6.23. The zero-order chi connectivity index (χ0) is 28.1. The van der Waals surface area contributed by atoms with E-state index >= 15 is 0 Å². The van der Waals surface area contributed by atoms with Gasteiger partial charge in [-0.15, -0.1) is 0 Å². The average molecular weight is 595 g/mol. The normalized spacial score (nSPS) is 11.7. The lowest BCUT2D eigenvalue weighted by molar-refractivity contribution is 0.0697. The van der Waals surface area contributed by atoms with Crippen LogP contribution in [-0.4, -0.2) is 31.5 Å². The van der Waals surface area contributed by atoms with Gasteiger partial charge in [-0.05, 0) is 80.9 Å². The fraction of sp³-hybridized carbons (Fsp3) is 0.0968. The molecule has 1 N–H and O–H groups in total. The molecule has 0 radical (unpaired) electrons. The van der Waals surface area contributed by atoms with Gasteiger partial charge in [-0.2, -0.15) is 9.78 Å². The second kappa shape index (κ2) is 9.77. The van der Waals surface area contributed by atoms with Crippen LogP contribution in [0.25, 0.3) is 39.1 Å². The van der Waals surface area contributed by atoms with Crippen molar-refractivity contribution in [1.29, 1.82) is 0 Å². The van der Waals surface area contributed by atoms with Crippen molar-refractivity contribution >= 4 is 50.0 Å². The van der Waals surface area contributed by atoms with Crippen molar-refractivity contribution in [3.05, 3.63) is 116 Å². The summed E-state index contributed by atoms with van der Waals surface area (Å²) in [4.78, 5) is 30.0. The number of nitrogens with zero attached hydrogens (tertiary/aromatic N) is 4. The molecule has 0 amide bonds. The van der Waals surface area contributed by atoms with Crippen LogP contribution in [0, 0.1) is 20.8 Å². The van der Waals surface area contributed by atoms with Crippen molar-refractivity contribution in [3.8, 4) is 17.3 Å². The summed E-state index contributed by atoms with van der Waals surface area (Å²) in [5.41, 5.74) is 5.33. The van der Waals surface area contributed by atoms with Crippen LogP contribution in [0.15, 0.2) is 91.6 Å². The van der Waals surface area contributed by atoms with E-state index in [1.54, 1.807) is 42.6 Å². The number of aromatic carboxylic acids is 1. The Morgan fingerprint density at radius 2 is 1.82 bits per heavy atom. The molecule has 0 unspecified atom stereocenters. The van der Waals surface area contributed by atoms with Gasteiger partial charge in [0.05, 0.1) is 22.7 Å². The summed E-state index contributed by atoms with van der Waals surface area (Å²) in [5, 5.41) is 15.4. The predicted molar refractivity (Wildman–Crippen MR) is 159 cm³/mol. The molecule has 0 atom stereocenters. The Morgan fingerprint density at radius 1 is 1.02 bits per heavy atom. The van der Waals surface area contributed by atoms with Gasteiger partial charge in [0.15, 0.2) is 5.76 Å². The van der Waals surface area contributed by atoms with Gasteiger partial charge in [0.2, 0.25) is 5.82 Å². The van der Waals surface area contributed by atoms with Crippen LogP contribution in [0.5, 0.6) is 0 Å². The Bertz CT molecular complexity index is 2070. The van der Waals surface area contributed by atoms with Gasteiger partial charge in [-0.1, -0.05) is 34.1 Å². The summed E-state index contributed by atoms with van der Waals surface area (Å²) in [6, 6.07) is 21.6. The van der Waals surface area contributed by atoms with E-state index in [4.69, 9.17) is 9.40 Å². The first-order chi connectivity index (χ1) is 19.2. The monoisotopic (exact) mass is 594 g/mol. The molecular weight excluding hydrogens is 572 g/mol. The number of furan rings is 1. The highest BCUT2D eigenvalue weighted by atomic mass is 79.9. The summed E-state index contributed by atoms with van der Waals surface area (Å²) in [5.74, 6) is -0.287. The molecule has 0 spiro atoms. The lowest BCUT2D eigenvalue weighted by atomic mass is 10.1. The molecule has 0 bridgehead atoms. The summed E-state index contributed by atoms with van der Waals surface area (Å²) in [7, 11) is 0. The number of carboxylic acid groups (broad SMARTS) is 1. The van der Waals surface area contributed by atoms with E-state index in [0.717, 1.165) is 38.1 Å². The molecule has 198 valence electrons. The molecular formula is C31H23BrN4O4. The first-order valence-corrected chi connectivity index (χ1v) is 13.3. The summed E-state index contributed by atoms with van der Waals surface area (Å²) >= 11 is 3.49. The van der Waals surface area contributed by atoms with Crippen LogP contribution in [0.2, 0.25) is 0 Å². The molecule has 40 heavy (non-hydrogen) atoms. The van der Waals surface area contributed by atoms with Crippen LogP contribution >= 0.6 is 15.9 Å². The van der Waals surface area contributed by atoms with Crippen molar-refractivity contribution in [2.24, 2.45) is 5.10 Å². The molecule has 6 rings (SSSR count). The second-order valence-corrected chi connectivity index (χ2v) is 10.5. The van der Waals surface area contributed by atoms with E-state index < -0.39 is 5.97 Å². The maximum Gasteiger partial charge on any atom is 0.335 e. The zero-order valence-electron chi connectivity index (χ0n) is 21.8. The number of hydrogen-bond acceptors (Lipinski definition) is 5. The number of hydrogen-bond donors (Lipinski definition) is 1. The minimum Gasteiger partial charge on any atom is -0.478 e. The lowest BCUT2D eigenvalue weighted by Gasteiger charge is -2.13. The zero-order valence-corrected chi connectivity index (χ0v) is 23.4. The summed E-state index contributed by atoms with van der Waals surface area (Å²) < 4.78 is 10.2. The van der Waals surface area contributed by atoms with E-state index in [-0.39, 0.29) is 16.9 Å². The van der Waals surface area contributed by atoms with Crippen molar-refractivity contribution in [2.75, 3.05) is 0 Å². The minimum absolute atomic E-state index is 0.208. The summed E-state index contributed by atoms with van der Waals surface area (Å²) in [6.45, 7) is 5.81. The number of halogens is 1. The fourth-order valence-electron chi connectivity index (χ4n) is 4.91. The molecule has 3 aromatic carbocycles. The molecule has 3 aromatic heterocycles. The van der Waals surface area contributed by atoms with Gasteiger partial charge in [0, 0.05) is 32.5 Å². The number of aryl methyl sites for hydroxylation is 2. The molecule has 6 aromatic rings. The first-order valence-electron chi connectivity index (χ1n) is 12.5. The lowest BCUT2D eigenvalue weighted by Crippen LogP contribution is -2.20. The van der Waals surface area contributed by atoms with Gasteiger partial charge < -0.3 is 14.1 Å². The van der Waals surface area contributed by atoms with E-state index in [1.807, 2.05) is 61.7 Å². The highest BCUT2D eigenvalue weighted by Crippen LogP contribution is 2.29. The maximum atomic E-state index is 13.6. The van der Waals surface area contributed by atoms with Crippen molar-refractivity contribution in [2.45, 2.75) is 20.8 Å². The van der Waals surface area contributed by atoms with Gasteiger partial charge >= 0.3 is 5.97 Å². The number of rotatable bonds is 5. The van der Waals surface area contributed by atoms with Gasteiger partial charge in [-0.3, -0.25) is 4.79 Å². The molecule has 0 aliphatic carbocycles. The highest BCUT2D eigenvalue weighted by Gasteiger charge is 2.18. The molecule has 3 heterocycles. The molecule has 0 aliphatic heterocycles.